The van der Waals surface area contributed by atoms with E-state index in [1.165, 1.54) is 31.2 Å². The van der Waals surface area contributed by atoms with Crippen LogP contribution >= 0.6 is 11.6 Å². The Balaban J connectivity index is 1.63. The van der Waals surface area contributed by atoms with E-state index in [2.05, 4.69) is 5.32 Å². The molecule has 3 aromatic rings. The second-order valence-corrected chi connectivity index (χ2v) is 6.81. The Kier molecular flexibility index (Phi) is 6.84. The van der Waals surface area contributed by atoms with Crippen molar-refractivity contribution in [1.82, 2.24) is 0 Å². The molecule has 0 aromatic heterocycles. The fraction of sp³-hybridized carbons (Fsp3) is 0.0909. The molecule has 9 heteroatoms. The molecule has 1 atom stereocenters. The van der Waals surface area contributed by atoms with Crippen molar-refractivity contribution < 1.29 is 24.0 Å². The number of hydrogen-bond donors (Lipinski definition) is 1. The highest BCUT2D eigenvalue weighted by Crippen LogP contribution is 2.27. The number of amides is 1. The highest BCUT2D eigenvalue weighted by Gasteiger charge is 2.21. The highest BCUT2D eigenvalue weighted by atomic mass is 35.5. The third-order valence-corrected chi connectivity index (χ3v) is 4.44. The number of para-hydroxylation sites is 1. The molecule has 1 amide bonds. The number of rotatable bonds is 7. The van der Waals surface area contributed by atoms with Crippen molar-refractivity contribution in [3.05, 3.63) is 93.5 Å². The minimum atomic E-state index is -1.14. The smallest absolute Gasteiger partial charge is 0.339 e. The molecule has 158 valence electrons. The van der Waals surface area contributed by atoms with Gasteiger partial charge in [-0.15, -0.1) is 0 Å². The lowest BCUT2D eigenvalue weighted by molar-refractivity contribution is -0.384. The van der Waals surface area contributed by atoms with Gasteiger partial charge in [-0.2, -0.15) is 0 Å². The van der Waals surface area contributed by atoms with Crippen molar-refractivity contribution in [1.29, 1.82) is 0 Å². The average molecular weight is 441 g/mol. The normalized spacial score (nSPS) is 11.3. The van der Waals surface area contributed by atoms with Gasteiger partial charge < -0.3 is 14.8 Å². The molecule has 8 nitrogen and oxygen atoms in total. The molecule has 0 saturated heterocycles. The molecule has 3 aromatic carbocycles. The molecule has 0 aliphatic rings. The maximum Gasteiger partial charge on any atom is 0.339 e. The van der Waals surface area contributed by atoms with Crippen molar-refractivity contribution in [3.8, 4) is 11.5 Å². The Morgan fingerprint density at radius 3 is 2.39 bits per heavy atom. The first-order chi connectivity index (χ1) is 14.8. The van der Waals surface area contributed by atoms with Crippen LogP contribution in [0.1, 0.15) is 17.3 Å². The minimum Gasteiger partial charge on any atom is -0.457 e. The first-order valence-electron chi connectivity index (χ1n) is 9.12. The minimum absolute atomic E-state index is 0.00756. The van der Waals surface area contributed by atoms with Crippen LogP contribution in [0.25, 0.3) is 0 Å². The SMILES string of the molecule is C[C@H](OC(=O)c1cccc(Oc2ccccc2)c1)C(=O)Nc1ccc([N+](=O)[O-])cc1Cl. The number of anilines is 1. The second kappa shape index (κ2) is 9.73. The number of non-ortho nitro benzene ring substituents is 1. The summed E-state index contributed by atoms with van der Waals surface area (Å²) in [6.07, 6.45) is -1.14. The standard InChI is InChI=1S/C22H17ClN2O6/c1-14(21(26)24-20-11-10-16(25(28)29)13-19(20)23)30-22(27)15-6-5-9-18(12-15)31-17-7-3-2-4-8-17/h2-14H,1H3,(H,24,26)/t14-/m0/s1. The van der Waals surface area contributed by atoms with Gasteiger partial charge >= 0.3 is 5.97 Å². The van der Waals surface area contributed by atoms with Crippen LogP contribution in [0.5, 0.6) is 11.5 Å². The fourth-order valence-corrected chi connectivity index (χ4v) is 2.77. The number of nitro benzene ring substituents is 1. The first kappa shape index (κ1) is 21.8. The van der Waals surface area contributed by atoms with Crippen molar-refractivity contribution in [3.63, 3.8) is 0 Å². The quantitative estimate of drug-likeness (QED) is 0.306. The lowest BCUT2D eigenvalue weighted by Crippen LogP contribution is -2.30. The third-order valence-electron chi connectivity index (χ3n) is 4.12. The van der Waals surface area contributed by atoms with Gasteiger partial charge in [0.15, 0.2) is 6.10 Å². The van der Waals surface area contributed by atoms with E-state index in [0.717, 1.165) is 6.07 Å². The Morgan fingerprint density at radius 1 is 1.00 bits per heavy atom. The van der Waals surface area contributed by atoms with Gasteiger partial charge in [0, 0.05) is 12.1 Å². The molecule has 31 heavy (non-hydrogen) atoms. The summed E-state index contributed by atoms with van der Waals surface area (Å²) < 4.78 is 10.9. The summed E-state index contributed by atoms with van der Waals surface area (Å²) in [6, 6.07) is 19.1. The van der Waals surface area contributed by atoms with Crippen LogP contribution in [0, 0.1) is 10.1 Å². The molecule has 3 rings (SSSR count). The number of carbonyl (C=O) groups is 2. The van der Waals surface area contributed by atoms with Gasteiger partial charge in [0.05, 0.1) is 21.2 Å². The number of hydrogen-bond acceptors (Lipinski definition) is 6. The largest absolute Gasteiger partial charge is 0.457 e. The number of nitrogens with one attached hydrogen (secondary N) is 1. The molecule has 0 saturated carbocycles. The Hall–Kier alpha value is -3.91. The summed E-state index contributed by atoms with van der Waals surface area (Å²) in [6.45, 7) is 1.40. The van der Waals surface area contributed by atoms with Crippen molar-refractivity contribution in [2.24, 2.45) is 0 Å². The predicted molar refractivity (Wildman–Crippen MR) is 115 cm³/mol. The van der Waals surface area contributed by atoms with E-state index in [-0.39, 0.29) is 22.0 Å². The molecule has 0 fully saturated rings. The van der Waals surface area contributed by atoms with Crippen LogP contribution in [-0.2, 0) is 9.53 Å². The number of carbonyl (C=O) groups excluding carboxylic acids is 2. The molecule has 0 spiro atoms. The van der Waals surface area contributed by atoms with E-state index in [0.29, 0.717) is 11.5 Å². The van der Waals surface area contributed by atoms with Gasteiger partial charge in [-0.1, -0.05) is 35.9 Å². The van der Waals surface area contributed by atoms with E-state index >= 15 is 0 Å². The summed E-state index contributed by atoms with van der Waals surface area (Å²) >= 11 is 5.97. The zero-order valence-corrected chi connectivity index (χ0v) is 17.0. The van der Waals surface area contributed by atoms with Crippen molar-refractivity contribution in [2.75, 3.05) is 5.32 Å². The van der Waals surface area contributed by atoms with E-state index in [9.17, 15) is 19.7 Å². The third kappa shape index (κ3) is 5.80. The van der Waals surface area contributed by atoms with Gasteiger partial charge in [-0.25, -0.2) is 4.79 Å². The molecule has 0 aliphatic carbocycles. The molecule has 0 unspecified atom stereocenters. The number of benzene rings is 3. The number of esters is 1. The molecular weight excluding hydrogens is 424 g/mol. The maximum absolute atomic E-state index is 12.4. The molecule has 0 bridgehead atoms. The van der Waals surface area contributed by atoms with Gasteiger partial charge in [0.2, 0.25) is 0 Å². The zero-order valence-electron chi connectivity index (χ0n) is 16.3. The monoisotopic (exact) mass is 440 g/mol. The van der Waals surface area contributed by atoms with E-state index in [1.807, 2.05) is 18.2 Å². The summed E-state index contributed by atoms with van der Waals surface area (Å²) in [5.41, 5.74) is 0.167. The number of ether oxygens (including phenoxy) is 2. The van der Waals surface area contributed by atoms with E-state index < -0.39 is 22.9 Å². The molecular formula is C22H17ClN2O6. The van der Waals surface area contributed by atoms with Crippen LogP contribution in [0.15, 0.2) is 72.8 Å². The van der Waals surface area contributed by atoms with Gasteiger partial charge in [-0.3, -0.25) is 14.9 Å². The Morgan fingerprint density at radius 2 is 1.71 bits per heavy atom. The predicted octanol–water partition coefficient (Wildman–Crippen LogP) is 5.22. The topological polar surface area (TPSA) is 108 Å². The summed E-state index contributed by atoms with van der Waals surface area (Å²) in [4.78, 5) is 35.0. The lowest BCUT2D eigenvalue weighted by Gasteiger charge is -2.14. The highest BCUT2D eigenvalue weighted by molar-refractivity contribution is 6.34. The molecule has 0 aliphatic heterocycles. The summed E-state index contributed by atoms with van der Waals surface area (Å²) in [7, 11) is 0. The second-order valence-electron chi connectivity index (χ2n) is 6.40. The lowest BCUT2D eigenvalue weighted by atomic mass is 10.2. The first-order valence-corrected chi connectivity index (χ1v) is 9.50. The maximum atomic E-state index is 12.4. The van der Waals surface area contributed by atoms with Gasteiger partial charge in [-0.05, 0) is 43.3 Å². The molecule has 0 radical (unpaired) electrons. The summed E-state index contributed by atoms with van der Waals surface area (Å²) in [5, 5.41) is 13.2. The van der Waals surface area contributed by atoms with E-state index in [1.54, 1.807) is 24.3 Å². The van der Waals surface area contributed by atoms with Crippen LogP contribution in [-0.4, -0.2) is 22.9 Å². The van der Waals surface area contributed by atoms with Crippen molar-refractivity contribution >= 4 is 34.9 Å². The summed E-state index contributed by atoms with van der Waals surface area (Å²) in [5.74, 6) is -0.298. The number of nitro groups is 1. The molecule has 1 N–H and O–H groups in total. The number of nitrogens with zero attached hydrogens (tertiary/aromatic N) is 1. The van der Waals surface area contributed by atoms with Gasteiger partial charge in [0.1, 0.15) is 11.5 Å². The number of halogens is 1. The fourth-order valence-electron chi connectivity index (χ4n) is 2.55. The zero-order chi connectivity index (χ0) is 22.4. The van der Waals surface area contributed by atoms with Crippen LogP contribution in [0.2, 0.25) is 5.02 Å². The van der Waals surface area contributed by atoms with Crippen LogP contribution in [0.4, 0.5) is 11.4 Å². The van der Waals surface area contributed by atoms with Crippen molar-refractivity contribution in [2.45, 2.75) is 13.0 Å². The molecule has 0 heterocycles. The Labute approximate surface area is 182 Å². The van der Waals surface area contributed by atoms with Crippen LogP contribution < -0.4 is 10.1 Å². The van der Waals surface area contributed by atoms with E-state index in [4.69, 9.17) is 21.1 Å². The Bertz CT molecular complexity index is 1120. The average Bonchev–Trinajstić information content (AvgIpc) is 2.75. The van der Waals surface area contributed by atoms with Gasteiger partial charge in [0.25, 0.3) is 11.6 Å². The van der Waals surface area contributed by atoms with Crippen LogP contribution in [0.3, 0.4) is 0 Å².